The molecule has 2 rings (SSSR count). The first-order valence-electron chi connectivity index (χ1n) is 7.86. The summed E-state index contributed by atoms with van der Waals surface area (Å²) < 4.78 is 4.72. The Bertz CT molecular complexity index is 714. The average Bonchev–Trinajstić information content (AvgIpc) is 2.58. The van der Waals surface area contributed by atoms with E-state index >= 15 is 0 Å². The van der Waals surface area contributed by atoms with Crippen LogP contribution in [0.4, 0.5) is 5.69 Å². The number of hydrogen-bond donors (Lipinski definition) is 1. The fourth-order valence-corrected chi connectivity index (χ4v) is 2.43. The van der Waals surface area contributed by atoms with Gasteiger partial charge in [0.1, 0.15) is 0 Å². The number of carbonyl (C=O) groups is 2. The van der Waals surface area contributed by atoms with E-state index in [1.807, 2.05) is 43.3 Å². The van der Waals surface area contributed by atoms with Crippen LogP contribution in [-0.4, -0.2) is 37.0 Å². The van der Waals surface area contributed by atoms with Crippen molar-refractivity contribution in [3.8, 4) is 0 Å². The van der Waals surface area contributed by atoms with Gasteiger partial charge < -0.3 is 10.1 Å². The zero-order valence-corrected chi connectivity index (χ0v) is 15.0. The maximum atomic E-state index is 12.3. The van der Waals surface area contributed by atoms with Gasteiger partial charge in [0.2, 0.25) is 5.91 Å². The van der Waals surface area contributed by atoms with E-state index < -0.39 is 5.97 Å². The average molecular weight is 361 g/mol. The first-order chi connectivity index (χ1) is 12.0. The Labute approximate surface area is 152 Å². The monoisotopic (exact) mass is 360 g/mol. The number of benzene rings is 2. The maximum absolute atomic E-state index is 12.3. The standard InChI is InChI=1S/C19H21ClN2O3/c1-14-3-9-17(10-4-14)21-18(23)12-22(13-19(24)25-2)11-15-5-7-16(20)8-6-15/h3-10H,11-13H2,1-2H3,(H,21,23). The molecule has 0 aliphatic heterocycles. The third-order valence-electron chi connectivity index (χ3n) is 3.60. The Morgan fingerprint density at radius 1 is 1.04 bits per heavy atom. The van der Waals surface area contributed by atoms with Gasteiger partial charge in [-0.25, -0.2) is 0 Å². The summed E-state index contributed by atoms with van der Waals surface area (Å²) >= 11 is 5.89. The van der Waals surface area contributed by atoms with Crippen LogP contribution in [0.2, 0.25) is 5.02 Å². The van der Waals surface area contributed by atoms with E-state index in [2.05, 4.69) is 5.32 Å². The minimum atomic E-state index is -0.392. The second kappa shape index (κ2) is 9.20. The third-order valence-corrected chi connectivity index (χ3v) is 3.85. The van der Waals surface area contributed by atoms with Crippen LogP contribution in [0, 0.1) is 6.92 Å². The highest BCUT2D eigenvalue weighted by Gasteiger charge is 2.16. The molecule has 2 aromatic rings. The number of ether oxygens (including phenoxy) is 1. The highest BCUT2D eigenvalue weighted by Crippen LogP contribution is 2.12. The van der Waals surface area contributed by atoms with Gasteiger partial charge in [-0.2, -0.15) is 0 Å². The van der Waals surface area contributed by atoms with Gasteiger partial charge in [0.05, 0.1) is 20.2 Å². The summed E-state index contributed by atoms with van der Waals surface area (Å²) in [6.45, 7) is 2.52. The number of nitrogens with zero attached hydrogens (tertiary/aromatic N) is 1. The minimum Gasteiger partial charge on any atom is -0.468 e. The van der Waals surface area contributed by atoms with Crippen molar-refractivity contribution in [2.45, 2.75) is 13.5 Å². The van der Waals surface area contributed by atoms with Crippen LogP contribution in [0.15, 0.2) is 48.5 Å². The molecule has 2 aromatic carbocycles. The zero-order chi connectivity index (χ0) is 18.2. The topological polar surface area (TPSA) is 58.6 Å². The Morgan fingerprint density at radius 2 is 1.68 bits per heavy atom. The molecule has 5 nitrogen and oxygen atoms in total. The molecule has 0 aliphatic carbocycles. The lowest BCUT2D eigenvalue weighted by atomic mass is 10.2. The van der Waals surface area contributed by atoms with E-state index in [0.29, 0.717) is 11.6 Å². The maximum Gasteiger partial charge on any atom is 0.319 e. The van der Waals surface area contributed by atoms with Gasteiger partial charge in [-0.05, 0) is 36.8 Å². The van der Waals surface area contributed by atoms with Gasteiger partial charge in [-0.3, -0.25) is 14.5 Å². The van der Waals surface area contributed by atoms with Crippen molar-refractivity contribution in [3.63, 3.8) is 0 Å². The van der Waals surface area contributed by atoms with Crippen LogP contribution in [0.25, 0.3) is 0 Å². The predicted octanol–water partition coefficient (Wildman–Crippen LogP) is 3.26. The number of anilines is 1. The molecule has 0 aromatic heterocycles. The SMILES string of the molecule is COC(=O)CN(CC(=O)Nc1ccc(C)cc1)Cc1ccc(Cl)cc1. The fraction of sp³-hybridized carbons (Fsp3) is 0.263. The molecule has 25 heavy (non-hydrogen) atoms. The molecule has 0 radical (unpaired) electrons. The molecular formula is C19H21ClN2O3. The van der Waals surface area contributed by atoms with Crippen LogP contribution >= 0.6 is 11.6 Å². The van der Waals surface area contributed by atoms with Crippen molar-refractivity contribution in [1.82, 2.24) is 4.90 Å². The number of aryl methyl sites for hydroxylation is 1. The molecule has 1 amide bonds. The van der Waals surface area contributed by atoms with Gasteiger partial charge in [0.25, 0.3) is 0 Å². The molecule has 0 heterocycles. The molecule has 0 atom stereocenters. The molecule has 0 unspecified atom stereocenters. The van der Waals surface area contributed by atoms with Gasteiger partial charge in [-0.1, -0.05) is 41.4 Å². The van der Waals surface area contributed by atoms with E-state index in [0.717, 1.165) is 16.8 Å². The van der Waals surface area contributed by atoms with Crippen molar-refractivity contribution < 1.29 is 14.3 Å². The van der Waals surface area contributed by atoms with Crippen molar-refractivity contribution in [1.29, 1.82) is 0 Å². The van der Waals surface area contributed by atoms with E-state index in [1.165, 1.54) is 7.11 Å². The summed E-state index contributed by atoms with van der Waals surface area (Å²) in [6, 6.07) is 14.8. The number of esters is 1. The molecule has 0 saturated heterocycles. The van der Waals surface area contributed by atoms with E-state index in [1.54, 1.807) is 17.0 Å². The minimum absolute atomic E-state index is 0.0282. The fourth-order valence-electron chi connectivity index (χ4n) is 2.30. The van der Waals surface area contributed by atoms with Crippen LogP contribution < -0.4 is 5.32 Å². The smallest absolute Gasteiger partial charge is 0.319 e. The molecule has 0 spiro atoms. The van der Waals surface area contributed by atoms with E-state index in [9.17, 15) is 9.59 Å². The van der Waals surface area contributed by atoms with Crippen LogP contribution in [0.5, 0.6) is 0 Å². The molecule has 132 valence electrons. The normalized spacial score (nSPS) is 10.6. The lowest BCUT2D eigenvalue weighted by Gasteiger charge is -2.20. The summed E-state index contributed by atoms with van der Waals surface area (Å²) in [5, 5.41) is 3.47. The summed E-state index contributed by atoms with van der Waals surface area (Å²) in [7, 11) is 1.33. The van der Waals surface area contributed by atoms with Crippen molar-refractivity contribution in [3.05, 3.63) is 64.7 Å². The zero-order valence-electron chi connectivity index (χ0n) is 14.3. The molecule has 0 fully saturated rings. The number of nitrogens with one attached hydrogen (secondary N) is 1. The third kappa shape index (κ3) is 6.57. The summed E-state index contributed by atoms with van der Waals surface area (Å²) in [5.41, 5.74) is 2.80. The number of methoxy groups -OCH3 is 1. The first-order valence-corrected chi connectivity index (χ1v) is 8.24. The molecular weight excluding hydrogens is 340 g/mol. The van der Waals surface area contributed by atoms with Crippen molar-refractivity contribution in [2.75, 3.05) is 25.5 Å². The molecule has 0 saturated carbocycles. The van der Waals surface area contributed by atoms with E-state index in [4.69, 9.17) is 16.3 Å². The summed E-state index contributed by atoms with van der Waals surface area (Å²) in [6.07, 6.45) is 0. The summed E-state index contributed by atoms with van der Waals surface area (Å²) in [5.74, 6) is -0.584. The Balaban J connectivity index is 2.01. The van der Waals surface area contributed by atoms with Crippen LogP contribution in [0.3, 0.4) is 0 Å². The number of rotatable bonds is 7. The first kappa shape index (κ1) is 19.0. The second-order valence-corrected chi connectivity index (χ2v) is 6.20. The van der Waals surface area contributed by atoms with Crippen molar-refractivity contribution in [2.24, 2.45) is 0 Å². The van der Waals surface area contributed by atoms with Gasteiger partial charge >= 0.3 is 5.97 Å². The Hall–Kier alpha value is -2.37. The van der Waals surface area contributed by atoms with Crippen molar-refractivity contribution >= 4 is 29.2 Å². The quantitative estimate of drug-likeness (QED) is 0.770. The van der Waals surface area contributed by atoms with Gasteiger partial charge in [-0.15, -0.1) is 0 Å². The summed E-state index contributed by atoms with van der Waals surface area (Å²) in [4.78, 5) is 25.6. The molecule has 6 heteroatoms. The van der Waals surface area contributed by atoms with Gasteiger partial charge in [0, 0.05) is 17.3 Å². The number of carbonyl (C=O) groups excluding carboxylic acids is 2. The van der Waals surface area contributed by atoms with Crippen LogP contribution in [0.1, 0.15) is 11.1 Å². The number of amides is 1. The highest BCUT2D eigenvalue weighted by molar-refractivity contribution is 6.30. The predicted molar refractivity (Wildman–Crippen MR) is 98.6 cm³/mol. The lowest BCUT2D eigenvalue weighted by molar-refractivity contribution is -0.142. The molecule has 0 bridgehead atoms. The highest BCUT2D eigenvalue weighted by atomic mass is 35.5. The largest absolute Gasteiger partial charge is 0.468 e. The second-order valence-electron chi connectivity index (χ2n) is 5.76. The molecule has 0 aliphatic rings. The number of hydrogen-bond acceptors (Lipinski definition) is 4. The van der Waals surface area contributed by atoms with Crippen LogP contribution in [-0.2, 0) is 20.9 Å². The Morgan fingerprint density at radius 3 is 2.28 bits per heavy atom. The molecule has 1 N–H and O–H groups in total. The lowest BCUT2D eigenvalue weighted by Crippen LogP contribution is -2.37. The Kier molecular flexibility index (Phi) is 6.98. The van der Waals surface area contributed by atoms with E-state index in [-0.39, 0.29) is 19.0 Å². The van der Waals surface area contributed by atoms with Gasteiger partial charge in [0.15, 0.2) is 0 Å². The number of halogens is 1.